The fourth-order valence-electron chi connectivity index (χ4n) is 2.87. The summed E-state index contributed by atoms with van der Waals surface area (Å²) in [7, 11) is 4.10. The first-order chi connectivity index (χ1) is 11.7. The molecule has 1 aliphatic rings. The van der Waals surface area contributed by atoms with Crippen LogP contribution in [-0.4, -0.2) is 37.1 Å². The van der Waals surface area contributed by atoms with E-state index in [0.717, 1.165) is 34.4 Å². The molecule has 4 nitrogen and oxygen atoms in total. The second-order valence-electron chi connectivity index (χ2n) is 6.05. The second kappa shape index (κ2) is 6.34. The minimum Gasteiger partial charge on any atom is -0.492 e. The van der Waals surface area contributed by atoms with E-state index in [4.69, 9.17) is 4.74 Å². The van der Waals surface area contributed by atoms with Crippen molar-refractivity contribution in [2.24, 2.45) is 0 Å². The highest BCUT2D eigenvalue weighted by molar-refractivity contribution is 8.00. The molecule has 2 heterocycles. The number of likely N-dealkylation sites (N-methyl/N-ethyl adjacent to an activating group) is 1. The Morgan fingerprint density at radius 1 is 1.12 bits per heavy atom. The van der Waals surface area contributed by atoms with E-state index >= 15 is 0 Å². The summed E-state index contributed by atoms with van der Waals surface area (Å²) >= 11 is 1.64. The number of ether oxygens (including phenoxy) is 1. The summed E-state index contributed by atoms with van der Waals surface area (Å²) in [6.07, 6.45) is 1.83. The van der Waals surface area contributed by atoms with Crippen molar-refractivity contribution < 1.29 is 4.74 Å². The van der Waals surface area contributed by atoms with Crippen molar-refractivity contribution in [2.75, 3.05) is 32.0 Å². The number of rotatable bonds is 4. The SMILES string of the molecule is CN(C)CCOc1cc2c(c3ncccc13)NSc1ccccc1-2. The molecule has 0 unspecified atom stereocenters. The monoisotopic (exact) mass is 337 g/mol. The van der Waals surface area contributed by atoms with Crippen LogP contribution in [0, 0.1) is 0 Å². The first-order valence-corrected chi connectivity index (χ1v) is 8.77. The molecule has 0 spiro atoms. The summed E-state index contributed by atoms with van der Waals surface area (Å²) in [5.41, 5.74) is 4.39. The fourth-order valence-corrected chi connectivity index (χ4v) is 3.72. The van der Waals surface area contributed by atoms with Crippen LogP contribution in [0.2, 0.25) is 0 Å². The van der Waals surface area contributed by atoms with Gasteiger partial charge in [-0.25, -0.2) is 0 Å². The quantitative estimate of drug-likeness (QED) is 0.720. The van der Waals surface area contributed by atoms with Crippen LogP contribution in [0.3, 0.4) is 0 Å². The Morgan fingerprint density at radius 2 is 2.00 bits per heavy atom. The normalized spacial score (nSPS) is 12.6. The first-order valence-electron chi connectivity index (χ1n) is 7.95. The Bertz CT molecular complexity index is 895. The molecule has 0 aliphatic carbocycles. The third-order valence-corrected chi connectivity index (χ3v) is 4.97. The number of benzene rings is 2. The van der Waals surface area contributed by atoms with Gasteiger partial charge in [0.05, 0.1) is 11.2 Å². The molecule has 1 N–H and O–H groups in total. The van der Waals surface area contributed by atoms with Crippen LogP contribution in [0.5, 0.6) is 5.75 Å². The summed E-state index contributed by atoms with van der Waals surface area (Å²) in [6, 6.07) is 14.6. The van der Waals surface area contributed by atoms with Crippen molar-refractivity contribution >= 4 is 28.5 Å². The predicted octanol–water partition coefficient (Wildman–Crippen LogP) is 4.27. The molecule has 4 rings (SSSR count). The van der Waals surface area contributed by atoms with Gasteiger partial charge in [0.25, 0.3) is 0 Å². The zero-order chi connectivity index (χ0) is 16.5. The van der Waals surface area contributed by atoms with Gasteiger partial charge in [0.2, 0.25) is 0 Å². The van der Waals surface area contributed by atoms with Gasteiger partial charge in [-0.1, -0.05) is 18.2 Å². The maximum atomic E-state index is 6.09. The average molecular weight is 337 g/mol. The van der Waals surface area contributed by atoms with Crippen LogP contribution in [0.15, 0.2) is 53.6 Å². The topological polar surface area (TPSA) is 37.4 Å². The number of hydrogen-bond donors (Lipinski definition) is 1. The van der Waals surface area contributed by atoms with Crippen LogP contribution in [0.4, 0.5) is 5.69 Å². The maximum absolute atomic E-state index is 6.09. The molecule has 0 atom stereocenters. The molecular weight excluding hydrogens is 318 g/mol. The van der Waals surface area contributed by atoms with Crippen LogP contribution in [0.1, 0.15) is 0 Å². The number of fused-ring (bicyclic) bond motifs is 5. The van der Waals surface area contributed by atoms with Crippen molar-refractivity contribution in [3.8, 4) is 16.9 Å². The molecule has 3 aromatic rings. The van der Waals surface area contributed by atoms with Crippen molar-refractivity contribution in [1.29, 1.82) is 0 Å². The molecule has 24 heavy (non-hydrogen) atoms. The van der Waals surface area contributed by atoms with Gasteiger partial charge in [0, 0.05) is 28.6 Å². The van der Waals surface area contributed by atoms with Gasteiger partial charge in [0.15, 0.2) is 0 Å². The Kier molecular flexibility index (Phi) is 4.04. The van der Waals surface area contributed by atoms with E-state index in [1.54, 1.807) is 11.9 Å². The lowest BCUT2D eigenvalue weighted by Crippen LogP contribution is -2.19. The third kappa shape index (κ3) is 2.70. The van der Waals surface area contributed by atoms with E-state index in [2.05, 4.69) is 51.0 Å². The Labute approximate surface area is 146 Å². The number of pyridine rings is 1. The molecule has 0 bridgehead atoms. The third-order valence-electron chi connectivity index (χ3n) is 4.09. The Balaban J connectivity index is 1.85. The number of hydrogen-bond acceptors (Lipinski definition) is 5. The molecule has 1 aliphatic heterocycles. The summed E-state index contributed by atoms with van der Waals surface area (Å²) < 4.78 is 9.55. The van der Waals surface area contributed by atoms with Gasteiger partial charge < -0.3 is 14.4 Å². The van der Waals surface area contributed by atoms with Crippen LogP contribution in [-0.2, 0) is 0 Å². The highest BCUT2D eigenvalue weighted by atomic mass is 32.2. The molecule has 0 fully saturated rings. The fraction of sp³-hybridized carbons (Fsp3) is 0.211. The largest absolute Gasteiger partial charge is 0.492 e. The number of aromatic nitrogens is 1. The zero-order valence-electron chi connectivity index (χ0n) is 13.7. The van der Waals surface area contributed by atoms with Gasteiger partial charge in [0.1, 0.15) is 12.4 Å². The smallest absolute Gasteiger partial charge is 0.129 e. The lowest BCUT2D eigenvalue weighted by atomic mass is 10.00. The van der Waals surface area contributed by atoms with E-state index in [1.165, 1.54) is 10.5 Å². The lowest BCUT2D eigenvalue weighted by Gasteiger charge is -2.23. The summed E-state index contributed by atoms with van der Waals surface area (Å²) in [6.45, 7) is 1.53. The van der Waals surface area contributed by atoms with Gasteiger partial charge in [-0.3, -0.25) is 4.98 Å². The van der Waals surface area contributed by atoms with Crippen LogP contribution in [0.25, 0.3) is 22.0 Å². The van der Waals surface area contributed by atoms with E-state index in [-0.39, 0.29) is 0 Å². The average Bonchev–Trinajstić information content (AvgIpc) is 2.61. The number of nitrogens with zero attached hydrogens (tertiary/aromatic N) is 2. The highest BCUT2D eigenvalue weighted by Gasteiger charge is 2.21. The van der Waals surface area contributed by atoms with E-state index in [0.29, 0.717) is 6.61 Å². The minimum atomic E-state index is 0.652. The van der Waals surface area contributed by atoms with Gasteiger partial charge >= 0.3 is 0 Å². The zero-order valence-corrected chi connectivity index (χ0v) is 14.6. The molecule has 2 aromatic carbocycles. The van der Waals surface area contributed by atoms with Gasteiger partial charge in [-0.2, -0.15) is 0 Å². The van der Waals surface area contributed by atoms with E-state index in [9.17, 15) is 0 Å². The van der Waals surface area contributed by atoms with Crippen molar-refractivity contribution in [3.63, 3.8) is 0 Å². The molecule has 0 amide bonds. The molecule has 122 valence electrons. The maximum Gasteiger partial charge on any atom is 0.129 e. The molecular formula is C19H19N3OS. The summed E-state index contributed by atoms with van der Waals surface area (Å²) in [5.74, 6) is 0.891. The van der Waals surface area contributed by atoms with Crippen LogP contribution < -0.4 is 9.46 Å². The summed E-state index contributed by atoms with van der Waals surface area (Å²) in [5, 5.41) is 1.04. The van der Waals surface area contributed by atoms with E-state index < -0.39 is 0 Å². The lowest BCUT2D eigenvalue weighted by molar-refractivity contribution is 0.264. The number of anilines is 1. The summed E-state index contributed by atoms with van der Waals surface area (Å²) in [4.78, 5) is 7.94. The van der Waals surface area contributed by atoms with Crippen molar-refractivity contribution in [2.45, 2.75) is 4.90 Å². The van der Waals surface area contributed by atoms with E-state index in [1.807, 2.05) is 26.4 Å². The molecule has 0 saturated heterocycles. The standard InChI is InChI=1S/C19H19N3OS/c1-22(2)10-11-23-16-12-15-13-6-3-4-8-17(13)24-21-19(15)18-14(16)7-5-9-20-18/h3-9,12,21H,10-11H2,1-2H3. The molecule has 0 radical (unpaired) electrons. The van der Waals surface area contributed by atoms with Crippen molar-refractivity contribution in [1.82, 2.24) is 9.88 Å². The van der Waals surface area contributed by atoms with Crippen molar-refractivity contribution in [3.05, 3.63) is 48.7 Å². The number of nitrogens with one attached hydrogen (secondary N) is 1. The van der Waals surface area contributed by atoms with Gasteiger partial charge in [-0.05, 0) is 55.9 Å². The molecule has 1 aromatic heterocycles. The second-order valence-corrected chi connectivity index (χ2v) is 6.90. The highest BCUT2D eigenvalue weighted by Crippen LogP contribution is 2.47. The molecule has 0 saturated carbocycles. The Hall–Kier alpha value is -2.24. The van der Waals surface area contributed by atoms with Gasteiger partial charge in [-0.15, -0.1) is 0 Å². The molecule has 5 heteroatoms. The predicted molar refractivity (Wildman–Crippen MR) is 101 cm³/mol. The van der Waals surface area contributed by atoms with Crippen LogP contribution >= 0.6 is 11.9 Å². The minimum absolute atomic E-state index is 0.652. The first kappa shape index (κ1) is 15.3. The Morgan fingerprint density at radius 3 is 2.88 bits per heavy atom.